The molecule has 0 aliphatic carbocycles. The Balaban J connectivity index is 2.28. The molecule has 2 aromatic heterocycles. The molecule has 2 heterocycles. The second kappa shape index (κ2) is 4.54. The Morgan fingerprint density at radius 2 is 2.44 bits per heavy atom. The van der Waals surface area contributed by atoms with Crippen LogP contribution in [-0.2, 0) is 0 Å². The van der Waals surface area contributed by atoms with Crippen molar-refractivity contribution in [2.45, 2.75) is 6.92 Å². The highest BCUT2D eigenvalue weighted by Crippen LogP contribution is 2.20. The second-order valence-electron chi connectivity index (χ2n) is 3.18. The Labute approximate surface area is 101 Å². The predicted molar refractivity (Wildman–Crippen MR) is 67.4 cm³/mol. The van der Waals surface area contributed by atoms with Gasteiger partial charge in [0.1, 0.15) is 4.88 Å². The van der Waals surface area contributed by atoms with E-state index < -0.39 is 0 Å². The zero-order valence-electron chi connectivity index (χ0n) is 8.47. The first-order chi connectivity index (χ1) is 7.65. The predicted octanol–water partition coefficient (Wildman–Crippen LogP) is 2.97. The van der Waals surface area contributed by atoms with Gasteiger partial charge in [-0.1, -0.05) is 11.3 Å². The molecule has 0 aromatic carbocycles. The zero-order valence-corrected chi connectivity index (χ0v) is 10.1. The Morgan fingerprint density at radius 3 is 3.06 bits per heavy atom. The average molecular weight is 251 g/mol. The maximum atomic E-state index is 9.44. The summed E-state index contributed by atoms with van der Waals surface area (Å²) in [5.74, 6) is 0.658. The molecule has 0 unspecified atom stereocenters. The molecule has 0 fully saturated rings. The van der Waals surface area contributed by atoms with Gasteiger partial charge in [-0.3, -0.25) is 0 Å². The molecule has 0 radical (unpaired) electrons. The lowest BCUT2D eigenvalue weighted by molar-refractivity contribution is 0.456. The van der Waals surface area contributed by atoms with Gasteiger partial charge in [-0.25, -0.2) is 9.98 Å². The van der Waals surface area contributed by atoms with E-state index in [1.807, 2.05) is 19.1 Å². The summed E-state index contributed by atoms with van der Waals surface area (Å²) < 4.78 is 0.524. The van der Waals surface area contributed by atoms with Crippen molar-refractivity contribution in [1.82, 2.24) is 9.97 Å². The number of aromatic amines is 1. The summed E-state index contributed by atoms with van der Waals surface area (Å²) in [5, 5.41) is 9.44. The molecule has 0 spiro atoms. The summed E-state index contributed by atoms with van der Waals surface area (Å²) in [5.41, 5.74) is 1.09. The van der Waals surface area contributed by atoms with Crippen LogP contribution in [0.3, 0.4) is 0 Å². The van der Waals surface area contributed by atoms with Crippen molar-refractivity contribution in [3.05, 3.63) is 32.7 Å². The van der Waals surface area contributed by atoms with E-state index in [1.165, 1.54) is 11.3 Å². The van der Waals surface area contributed by atoms with Crippen LogP contribution in [0, 0.1) is 10.9 Å². The van der Waals surface area contributed by atoms with Crippen LogP contribution in [0.5, 0.6) is 5.88 Å². The lowest BCUT2D eigenvalue weighted by Crippen LogP contribution is -1.79. The van der Waals surface area contributed by atoms with Crippen molar-refractivity contribution < 1.29 is 5.11 Å². The SMILES string of the molecule is Cc1ccnc(N=Cc2sc(=S)[nH]c2O)c1. The first-order valence-corrected chi connectivity index (χ1v) is 5.76. The number of hydrogen-bond acceptors (Lipinski definition) is 5. The van der Waals surface area contributed by atoms with E-state index in [0.717, 1.165) is 5.56 Å². The van der Waals surface area contributed by atoms with E-state index >= 15 is 0 Å². The van der Waals surface area contributed by atoms with E-state index in [-0.39, 0.29) is 5.88 Å². The van der Waals surface area contributed by atoms with Gasteiger partial charge in [0.2, 0.25) is 5.88 Å². The topological polar surface area (TPSA) is 61.3 Å². The second-order valence-corrected chi connectivity index (χ2v) is 4.90. The van der Waals surface area contributed by atoms with Crippen LogP contribution in [-0.4, -0.2) is 21.3 Å². The zero-order chi connectivity index (χ0) is 11.5. The highest BCUT2D eigenvalue weighted by Gasteiger charge is 2.01. The number of nitrogens with zero attached hydrogens (tertiary/aromatic N) is 2. The lowest BCUT2D eigenvalue weighted by atomic mass is 10.3. The van der Waals surface area contributed by atoms with Crippen molar-refractivity contribution in [3.63, 3.8) is 0 Å². The normalized spacial score (nSPS) is 11.1. The molecule has 0 saturated carbocycles. The third-order valence-electron chi connectivity index (χ3n) is 1.87. The standard InChI is InChI=1S/C10H9N3OS2/c1-6-2-3-11-8(4-6)12-5-7-9(14)13-10(15)16-7/h2-5,14H,1H3,(H,13,15). The highest BCUT2D eigenvalue weighted by molar-refractivity contribution is 7.73. The van der Waals surface area contributed by atoms with Gasteiger partial charge in [-0.2, -0.15) is 0 Å². The Morgan fingerprint density at radius 1 is 1.62 bits per heavy atom. The van der Waals surface area contributed by atoms with Gasteiger partial charge in [-0.05, 0) is 36.8 Å². The number of rotatable bonds is 2. The molecule has 0 bridgehead atoms. The van der Waals surface area contributed by atoms with Crippen molar-refractivity contribution in [2.24, 2.45) is 4.99 Å². The molecule has 4 nitrogen and oxygen atoms in total. The number of aromatic hydroxyl groups is 1. The largest absolute Gasteiger partial charge is 0.494 e. The Hall–Kier alpha value is -1.53. The van der Waals surface area contributed by atoms with Crippen LogP contribution in [0.25, 0.3) is 0 Å². The number of nitrogens with one attached hydrogen (secondary N) is 1. The van der Waals surface area contributed by atoms with Gasteiger partial charge in [0.25, 0.3) is 0 Å². The van der Waals surface area contributed by atoms with E-state index in [1.54, 1.807) is 12.4 Å². The van der Waals surface area contributed by atoms with Gasteiger partial charge >= 0.3 is 0 Å². The van der Waals surface area contributed by atoms with Crippen LogP contribution in [0.15, 0.2) is 23.3 Å². The van der Waals surface area contributed by atoms with Gasteiger partial charge in [0, 0.05) is 6.20 Å². The third-order valence-corrected chi connectivity index (χ3v) is 3.03. The fourth-order valence-electron chi connectivity index (χ4n) is 1.14. The van der Waals surface area contributed by atoms with Gasteiger partial charge in [0.05, 0.1) is 6.21 Å². The summed E-state index contributed by atoms with van der Waals surface area (Å²) in [6, 6.07) is 3.76. The Bertz CT molecular complexity index is 586. The van der Waals surface area contributed by atoms with Crippen LogP contribution in [0.4, 0.5) is 5.82 Å². The molecule has 2 N–H and O–H groups in total. The number of aromatic nitrogens is 2. The summed E-state index contributed by atoms with van der Waals surface area (Å²) in [4.78, 5) is 11.5. The van der Waals surface area contributed by atoms with Crippen molar-refractivity contribution in [3.8, 4) is 5.88 Å². The van der Waals surface area contributed by atoms with Crippen LogP contribution >= 0.6 is 23.6 Å². The smallest absolute Gasteiger partial charge is 0.209 e. The van der Waals surface area contributed by atoms with E-state index in [9.17, 15) is 5.11 Å². The molecule has 0 aliphatic heterocycles. The molecule has 82 valence electrons. The molecule has 0 saturated heterocycles. The minimum Gasteiger partial charge on any atom is -0.494 e. The fourth-order valence-corrected chi connectivity index (χ4v) is 2.10. The first-order valence-electron chi connectivity index (χ1n) is 4.54. The number of thiazole rings is 1. The minimum atomic E-state index is 0.0476. The maximum absolute atomic E-state index is 9.44. The molecule has 0 amide bonds. The van der Waals surface area contributed by atoms with E-state index in [0.29, 0.717) is 14.6 Å². The van der Waals surface area contributed by atoms with Crippen LogP contribution in [0.2, 0.25) is 0 Å². The van der Waals surface area contributed by atoms with Crippen LogP contribution < -0.4 is 0 Å². The third kappa shape index (κ3) is 2.53. The average Bonchev–Trinajstić information content (AvgIpc) is 2.54. The molecule has 0 atom stereocenters. The summed E-state index contributed by atoms with van der Waals surface area (Å²) in [6.45, 7) is 1.97. The van der Waals surface area contributed by atoms with E-state index in [4.69, 9.17) is 12.2 Å². The lowest BCUT2D eigenvalue weighted by Gasteiger charge is -1.93. The molecule has 6 heteroatoms. The molecule has 16 heavy (non-hydrogen) atoms. The summed E-state index contributed by atoms with van der Waals surface area (Å²) >= 11 is 6.17. The Kier molecular flexibility index (Phi) is 3.12. The minimum absolute atomic E-state index is 0.0476. The van der Waals surface area contributed by atoms with Gasteiger partial charge in [0.15, 0.2) is 9.77 Å². The molecular weight excluding hydrogens is 242 g/mol. The van der Waals surface area contributed by atoms with Crippen molar-refractivity contribution in [2.75, 3.05) is 0 Å². The van der Waals surface area contributed by atoms with Gasteiger partial charge in [-0.15, -0.1) is 0 Å². The van der Waals surface area contributed by atoms with Crippen LogP contribution in [0.1, 0.15) is 10.4 Å². The molecule has 2 aromatic rings. The number of H-pyrrole nitrogens is 1. The molecule has 0 aliphatic rings. The fraction of sp³-hybridized carbons (Fsp3) is 0.100. The summed E-state index contributed by atoms with van der Waals surface area (Å²) in [7, 11) is 0. The maximum Gasteiger partial charge on any atom is 0.209 e. The number of aliphatic imine (C=N–C) groups is 1. The first kappa shape index (κ1) is 11.0. The number of hydrogen-bond donors (Lipinski definition) is 2. The van der Waals surface area contributed by atoms with Crippen molar-refractivity contribution in [1.29, 1.82) is 0 Å². The quantitative estimate of drug-likeness (QED) is 0.637. The highest BCUT2D eigenvalue weighted by atomic mass is 32.1. The molecular formula is C10H9N3OS2. The monoisotopic (exact) mass is 251 g/mol. The number of pyridine rings is 1. The van der Waals surface area contributed by atoms with Crippen molar-refractivity contribution >= 4 is 35.6 Å². The molecule has 2 rings (SSSR count). The van der Waals surface area contributed by atoms with Gasteiger partial charge < -0.3 is 10.1 Å². The summed E-state index contributed by atoms with van der Waals surface area (Å²) in [6.07, 6.45) is 3.25. The van der Waals surface area contributed by atoms with E-state index in [2.05, 4.69) is 15.0 Å². The number of aryl methyl sites for hydroxylation is 1.